The summed E-state index contributed by atoms with van der Waals surface area (Å²) in [4.78, 5) is 72.9. The SMILES string of the molecule is CCCCCCCCCCCCCCCCCCCCC(=O)OC[C@H](COP(=O)(O)OC[C@@H](O)COP(=O)(O)OC[C@@H](COC(=O)CCCCCCCCC)OC(=O)CCCCCCCCCCCCCCCC(C)C)OC(=O)CCCCCCCCCCCCCCCCCCCC. The number of phosphoric ester groups is 2. The molecule has 0 aromatic heterocycles. The Labute approximate surface area is 607 Å². The Hall–Kier alpha value is -1.94. The predicted octanol–water partition coefficient (Wildman–Crippen LogP) is 24.0. The lowest BCUT2D eigenvalue weighted by Gasteiger charge is -2.21. The molecular weight excluding hydrogens is 1290 g/mol. The number of carbonyl (C=O) groups excluding carboxylic acids is 4. The fourth-order valence-electron chi connectivity index (χ4n) is 12.4. The standard InChI is InChI=1S/C80H156O17P2/c1-6-9-12-15-18-20-22-24-26-28-30-32-36-40-44-49-54-59-64-78(83)91-70-76(97-80(85)65-60-55-50-45-41-37-33-31-29-27-25-23-21-19-16-13-10-7-2)72-95-99(88,89)93-68-74(81)67-92-98(86,87)94-71-75(69-90-77(82)63-58-53-47-17-14-11-8-3)96-79(84)66-61-56-51-46-42-38-34-35-39-43-48-52-57-62-73(4)5/h73-76,81H,6-72H2,1-5H3,(H,86,87)(H,88,89)/t74-,75+,76+/m0/s1. The van der Waals surface area contributed by atoms with Crippen LogP contribution in [0.4, 0.5) is 0 Å². The number of aliphatic hydroxyl groups excluding tert-OH is 1. The number of hydrogen-bond donors (Lipinski definition) is 3. The molecule has 588 valence electrons. The first-order valence-corrected chi connectivity index (χ1v) is 44.6. The Morgan fingerprint density at radius 2 is 0.465 bits per heavy atom. The molecule has 0 radical (unpaired) electrons. The first-order chi connectivity index (χ1) is 48.0. The van der Waals surface area contributed by atoms with Crippen LogP contribution in [0.5, 0.6) is 0 Å². The van der Waals surface area contributed by atoms with Crippen LogP contribution in [-0.2, 0) is 65.4 Å². The molecule has 0 aliphatic carbocycles. The molecule has 99 heavy (non-hydrogen) atoms. The highest BCUT2D eigenvalue weighted by Gasteiger charge is 2.30. The van der Waals surface area contributed by atoms with Crippen molar-refractivity contribution in [2.45, 2.75) is 445 Å². The highest BCUT2D eigenvalue weighted by molar-refractivity contribution is 7.47. The van der Waals surface area contributed by atoms with Gasteiger partial charge in [0.05, 0.1) is 26.4 Å². The zero-order valence-electron chi connectivity index (χ0n) is 64.6. The van der Waals surface area contributed by atoms with E-state index in [2.05, 4.69) is 34.6 Å². The first-order valence-electron chi connectivity index (χ1n) is 41.6. The summed E-state index contributed by atoms with van der Waals surface area (Å²) in [6.45, 7) is 7.30. The topological polar surface area (TPSA) is 237 Å². The van der Waals surface area contributed by atoms with Crippen molar-refractivity contribution in [3.05, 3.63) is 0 Å². The van der Waals surface area contributed by atoms with Crippen molar-refractivity contribution in [1.82, 2.24) is 0 Å². The highest BCUT2D eigenvalue weighted by atomic mass is 31.2. The van der Waals surface area contributed by atoms with Crippen molar-refractivity contribution in [1.29, 1.82) is 0 Å². The summed E-state index contributed by atoms with van der Waals surface area (Å²) in [5.41, 5.74) is 0. The van der Waals surface area contributed by atoms with Gasteiger partial charge in [0.2, 0.25) is 0 Å². The van der Waals surface area contributed by atoms with Gasteiger partial charge in [-0.2, -0.15) is 0 Å². The van der Waals surface area contributed by atoms with Crippen LogP contribution in [0.2, 0.25) is 0 Å². The number of phosphoric acid groups is 2. The zero-order valence-corrected chi connectivity index (χ0v) is 66.4. The monoisotopic (exact) mass is 1450 g/mol. The molecule has 0 fully saturated rings. The van der Waals surface area contributed by atoms with E-state index < -0.39 is 97.5 Å². The van der Waals surface area contributed by atoms with Gasteiger partial charge in [-0.1, -0.05) is 375 Å². The Bertz CT molecular complexity index is 1890. The number of esters is 4. The van der Waals surface area contributed by atoms with Crippen LogP contribution in [0.3, 0.4) is 0 Å². The van der Waals surface area contributed by atoms with Gasteiger partial charge in [0.25, 0.3) is 0 Å². The number of unbranched alkanes of at least 4 members (excludes halogenated alkanes) is 52. The molecule has 3 N–H and O–H groups in total. The van der Waals surface area contributed by atoms with Crippen LogP contribution < -0.4 is 0 Å². The molecule has 2 unspecified atom stereocenters. The van der Waals surface area contributed by atoms with Gasteiger partial charge in [-0.25, -0.2) is 9.13 Å². The van der Waals surface area contributed by atoms with Crippen molar-refractivity contribution < 1.29 is 80.2 Å². The highest BCUT2D eigenvalue weighted by Crippen LogP contribution is 2.45. The maximum absolute atomic E-state index is 13.1. The molecule has 0 heterocycles. The van der Waals surface area contributed by atoms with E-state index in [0.717, 1.165) is 109 Å². The third-order valence-corrected chi connectivity index (χ3v) is 20.7. The van der Waals surface area contributed by atoms with Crippen LogP contribution in [-0.4, -0.2) is 96.7 Å². The van der Waals surface area contributed by atoms with E-state index >= 15 is 0 Å². The van der Waals surface area contributed by atoms with E-state index in [9.17, 15) is 43.2 Å². The minimum atomic E-state index is -4.96. The largest absolute Gasteiger partial charge is 0.472 e. The normalized spacial score (nSPS) is 13.9. The van der Waals surface area contributed by atoms with Gasteiger partial charge < -0.3 is 33.8 Å². The second-order valence-corrected chi connectivity index (χ2v) is 32.2. The van der Waals surface area contributed by atoms with Gasteiger partial charge in [0.1, 0.15) is 19.3 Å². The van der Waals surface area contributed by atoms with Gasteiger partial charge in [-0.15, -0.1) is 0 Å². The van der Waals surface area contributed by atoms with Crippen LogP contribution >= 0.6 is 15.6 Å². The van der Waals surface area contributed by atoms with Gasteiger partial charge in [-0.05, 0) is 31.6 Å². The fraction of sp³-hybridized carbons (Fsp3) is 0.950. The molecule has 0 bridgehead atoms. The molecule has 0 aromatic rings. The molecule has 0 aromatic carbocycles. The molecule has 0 aliphatic heterocycles. The summed E-state index contributed by atoms with van der Waals surface area (Å²) in [5.74, 6) is -1.32. The molecule has 17 nitrogen and oxygen atoms in total. The third-order valence-electron chi connectivity index (χ3n) is 18.8. The lowest BCUT2D eigenvalue weighted by molar-refractivity contribution is -0.161. The van der Waals surface area contributed by atoms with E-state index in [1.165, 1.54) is 238 Å². The summed E-state index contributed by atoms with van der Waals surface area (Å²) in [5, 5.41) is 10.6. The smallest absolute Gasteiger partial charge is 0.462 e. The summed E-state index contributed by atoms with van der Waals surface area (Å²) in [6, 6.07) is 0. The van der Waals surface area contributed by atoms with Crippen LogP contribution in [0.15, 0.2) is 0 Å². The van der Waals surface area contributed by atoms with Crippen molar-refractivity contribution in [2.75, 3.05) is 39.6 Å². The molecule has 0 spiro atoms. The Morgan fingerprint density at radius 3 is 0.687 bits per heavy atom. The summed E-state index contributed by atoms with van der Waals surface area (Å²) in [7, 11) is -9.91. The average molecular weight is 1450 g/mol. The van der Waals surface area contributed by atoms with Gasteiger partial charge in [0, 0.05) is 25.7 Å². The second kappa shape index (κ2) is 73.0. The Morgan fingerprint density at radius 1 is 0.273 bits per heavy atom. The van der Waals surface area contributed by atoms with Crippen LogP contribution in [0.1, 0.15) is 426 Å². The summed E-state index contributed by atoms with van der Waals surface area (Å²) < 4.78 is 68.6. The molecule has 0 rings (SSSR count). The van der Waals surface area contributed by atoms with E-state index in [4.69, 9.17) is 37.0 Å². The van der Waals surface area contributed by atoms with Crippen LogP contribution in [0, 0.1) is 5.92 Å². The molecular formula is C80H156O17P2. The van der Waals surface area contributed by atoms with Crippen LogP contribution in [0.25, 0.3) is 0 Å². The van der Waals surface area contributed by atoms with Crippen molar-refractivity contribution in [2.24, 2.45) is 5.92 Å². The number of ether oxygens (including phenoxy) is 4. The molecule has 0 aliphatic rings. The van der Waals surface area contributed by atoms with Gasteiger partial charge >= 0.3 is 39.5 Å². The molecule has 0 saturated heterocycles. The maximum Gasteiger partial charge on any atom is 0.472 e. The quantitative estimate of drug-likeness (QED) is 0.0222. The lowest BCUT2D eigenvalue weighted by atomic mass is 10.0. The van der Waals surface area contributed by atoms with Gasteiger partial charge in [-0.3, -0.25) is 37.3 Å². The number of rotatable bonds is 80. The lowest BCUT2D eigenvalue weighted by Crippen LogP contribution is -2.30. The molecule has 0 amide bonds. The molecule has 5 atom stereocenters. The zero-order chi connectivity index (χ0) is 72.7. The minimum Gasteiger partial charge on any atom is -0.462 e. The molecule has 19 heteroatoms. The average Bonchev–Trinajstić information content (AvgIpc) is 1.15. The van der Waals surface area contributed by atoms with E-state index in [1.54, 1.807) is 0 Å². The second-order valence-electron chi connectivity index (χ2n) is 29.3. The predicted molar refractivity (Wildman–Crippen MR) is 405 cm³/mol. The minimum absolute atomic E-state index is 0.107. The fourth-order valence-corrected chi connectivity index (χ4v) is 14.0. The molecule has 0 saturated carbocycles. The number of aliphatic hydroxyl groups is 1. The van der Waals surface area contributed by atoms with Gasteiger partial charge in [0.15, 0.2) is 12.2 Å². The Kier molecular flexibility index (Phi) is 71.6. The third kappa shape index (κ3) is 74.1. The number of hydrogen-bond acceptors (Lipinski definition) is 15. The van der Waals surface area contributed by atoms with Crippen molar-refractivity contribution in [3.8, 4) is 0 Å². The summed E-state index contributed by atoms with van der Waals surface area (Å²) >= 11 is 0. The Balaban J connectivity index is 5.18. The maximum atomic E-state index is 13.1. The van der Waals surface area contributed by atoms with Crippen molar-refractivity contribution >= 4 is 39.5 Å². The number of carbonyl (C=O) groups is 4. The van der Waals surface area contributed by atoms with Crippen molar-refractivity contribution in [3.63, 3.8) is 0 Å². The van der Waals surface area contributed by atoms with E-state index in [-0.39, 0.29) is 25.7 Å². The first kappa shape index (κ1) is 97.1. The summed E-state index contributed by atoms with van der Waals surface area (Å²) in [6.07, 6.45) is 64.0. The van der Waals surface area contributed by atoms with E-state index in [0.29, 0.717) is 25.7 Å². The van der Waals surface area contributed by atoms with E-state index in [1.807, 2.05) is 0 Å².